The molecule has 0 aliphatic carbocycles. The molecular formula is C11H22BrNO2S. The summed E-state index contributed by atoms with van der Waals surface area (Å²) in [6, 6.07) is 0. The number of piperidine rings is 1. The predicted molar refractivity (Wildman–Crippen MR) is 71.9 cm³/mol. The molecule has 0 aromatic rings. The Labute approximate surface area is 108 Å². The first-order chi connectivity index (χ1) is 7.57. The molecule has 0 amide bonds. The zero-order valence-electron chi connectivity index (χ0n) is 9.99. The molecule has 0 spiro atoms. The summed E-state index contributed by atoms with van der Waals surface area (Å²) in [5, 5.41) is 1.05. The van der Waals surface area contributed by atoms with E-state index >= 15 is 0 Å². The van der Waals surface area contributed by atoms with Gasteiger partial charge in [-0.2, -0.15) is 0 Å². The summed E-state index contributed by atoms with van der Waals surface area (Å²) in [5.41, 5.74) is 0. The van der Waals surface area contributed by atoms with E-state index in [4.69, 9.17) is 0 Å². The predicted octanol–water partition coefficient (Wildman–Crippen LogP) is 1.92. The summed E-state index contributed by atoms with van der Waals surface area (Å²) in [5.74, 6) is 1.34. The maximum Gasteiger partial charge on any atom is 0.151 e. The van der Waals surface area contributed by atoms with Crippen LogP contribution in [0.25, 0.3) is 0 Å². The first kappa shape index (κ1) is 14.5. The van der Waals surface area contributed by atoms with Gasteiger partial charge in [0.1, 0.15) is 0 Å². The Morgan fingerprint density at radius 1 is 1.44 bits per heavy atom. The molecule has 1 fully saturated rings. The van der Waals surface area contributed by atoms with Gasteiger partial charge < -0.3 is 4.90 Å². The highest BCUT2D eigenvalue weighted by Gasteiger charge is 2.20. The summed E-state index contributed by atoms with van der Waals surface area (Å²) < 4.78 is 22.8. The highest BCUT2D eigenvalue weighted by Crippen LogP contribution is 2.20. The highest BCUT2D eigenvalue weighted by molar-refractivity contribution is 9.09. The molecule has 0 radical (unpaired) electrons. The van der Waals surface area contributed by atoms with Gasteiger partial charge in [0.25, 0.3) is 0 Å². The Bertz CT molecular complexity index is 290. The second-order valence-corrected chi connectivity index (χ2v) is 7.79. The smallest absolute Gasteiger partial charge is 0.151 e. The van der Waals surface area contributed by atoms with E-state index in [1.807, 2.05) is 0 Å². The molecule has 1 rings (SSSR count). The average molecular weight is 312 g/mol. The lowest BCUT2D eigenvalue weighted by Crippen LogP contribution is -2.38. The lowest BCUT2D eigenvalue weighted by Gasteiger charge is -2.32. The van der Waals surface area contributed by atoms with Gasteiger partial charge in [-0.15, -0.1) is 0 Å². The number of rotatable bonds is 6. The molecular weight excluding hydrogens is 290 g/mol. The fraction of sp³-hybridized carbons (Fsp3) is 1.00. The van der Waals surface area contributed by atoms with E-state index in [2.05, 4.69) is 20.8 Å². The lowest BCUT2D eigenvalue weighted by atomic mass is 9.96. The summed E-state index contributed by atoms with van der Waals surface area (Å²) in [7, 11) is -2.80. The summed E-state index contributed by atoms with van der Waals surface area (Å²) in [6.45, 7) is 4.58. The van der Waals surface area contributed by atoms with Crippen molar-refractivity contribution in [3.05, 3.63) is 0 Å². The van der Waals surface area contributed by atoms with Crippen LogP contribution in [0.4, 0.5) is 0 Å². The Morgan fingerprint density at radius 3 is 2.81 bits per heavy atom. The molecule has 1 aliphatic heterocycles. The van der Waals surface area contributed by atoms with E-state index in [9.17, 15) is 8.42 Å². The van der Waals surface area contributed by atoms with Crippen LogP contribution in [0.3, 0.4) is 0 Å². The Morgan fingerprint density at radius 2 is 2.19 bits per heavy atom. The number of hydrogen-bond donors (Lipinski definition) is 0. The van der Waals surface area contributed by atoms with Gasteiger partial charge in [-0.3, -0.25) is 0 Å². The van der Waals surface area contributed by atoms with E-state index in [1.165, 1.54) is 19.3 Å². The molecule has 0 aromatic heterocycles. The number of hydrogen-bond acceptors (Lipinski definition) is 3. The minimum atomic E-state index is -2.80. The number of sulfone groups is 1. The normalized spacial score (nSPS) is 23.5. The first-order valence-corrected chi connectivity index (χ1v) is 9.00. The van der Waals surface area contributed by atoms with Crippen LogP contribution in [0.5, 0.6) is 0 Å². The van der Waals surface area contributed by atoms with Gasteiger partial charge in [-0.25, -0.2) is 8.42 Å². The summed E-state index contributed by atoms with van der Waals surface area (Å²) in [6.07, 6.45) is 3.71. The molecule has 16 heavy (non-hydrogen) atoms. The Kier molecular flexibility index (Phi) is 6.29. The topological polar surface area (TPSA) is 37.4 Å². The van der Waals surface area contributed by atoms with Gasteiger partial charge in [0, 0.05) is 24.2 Å². The van der Waals surface area contributed by atoms with Crippen molar-refractivity contribution in [2.45, 2.75) is 26.2 Å². The molecule has 5 heteroatoms. The van der Waals surface area contributed by atoms with Crippen molar-refractivity contribution >= 4 is 25.8 Å². The van der Waals surface area contributed by atoms with E-state index in [0.717, 1.165) is 30.9 Å². The molecule has 0 saturated carbocycles. The lowest BCUT2D eigenvalue weighted by molar-refractivity contribution is 0.181. The quantitative estimate of drug-likeness (QED) is 0.703. The number of likely N-dealkylation sites (tertiary alicyclic amines) is 1. The molecule has 0 N–H and O–H groups in total. The summed E-state index contributed by atoms with van der Waals surface area (Å²) >= 11 is 3.47. The van der Waals surface area contributed by atoms with Crippen LogP contribution >= 0.6 is 15.9 Å². The fourth-order valence-corrected chi connectivity index (χ4v) is 3.63. The number of alkyl halides is 1. The van der Waals surface area contributed by atoms with Gasteiger partial charge in [0.2, 0.25) is 0 Å². The third-order valence-corrected chi connectivity index (χ3v) is 5.42. The maximum atomic E-state index is 11.4. The van der Waals surface area contributed by atoms with Crippen LogP contribution in [-0.4, -0.2) is 49.8 Å². The Balaban J connectivity index is 2.32. The van der Waals surface area contributed by atoms with Gasteiger partial charge in [0.05, 0.1) is 5.75 Å². The molecule has 1 unspecified atom stereocenters. The molecule has 96 valence electrons. The van der Waals surface area contributed by atoms with Crippen molar-refractivity contribution in [3.8, 4) is 0 Å². The molecule has 1 heterocycles. The van der Waals surface area contributed by atoms with Crippen LogP contribution in [0, 0.1) is 5.92 Å². The molecule has 1 atom stereocenters. The van der Waals surface area contributed by atoms with Gasteiger partial charge in [-0.1, -0.05) is 22.9 Å². The van der Waals surface area contributed by atoms with Crippen molar-refractivity contribution in [3.63, 3.8) is 0 Å². The highest BCUT2D eigenvalue weighted by atomic mass is 79.9. The van der Waals surface area contributed by atoms with Crippen molar-refractivity contribution in [2.24, 2.45) is 5.92 Å². The Hall–Kier alpha value is 0.390. The zero-order valence-corrected chi connectivity index (χ0v) is 12.4. The third-order valence-electron chi connectivity index (χ3n) is 3.28. The van der Waals surface area contributed by atoms with E-state index in [0.29, 0.717) is 5.75 Å². The fourth-order valence-electron chi connectivity index (χ4n) is 2.16. The van der Waals surface area contributed by atoms with Crippen molar-refractivity contribution < 1.29 is 8.42 Å². The van der Waals surface area contributed by atoms with E-state index < -0.39 is 9.84 Å². The minimum Gasteiger partial charge on any atom is -0.302 e. The van der Waals surface area contributed by atoms with Crippen molar-refractivity contribution in [1.29, 1.82) is 0 Å². The molecule has 3 nitrogen and oxygen atoms in total. The summed E-state index contributed by atoms with van der Waals surface area (Å²) in [4.78, 5) is 2.31. The average Bonchev–Trinajstić information content (AvgIpc) is 2.28. The van der Waals surface area contributed by atoms with Crippen LogP contribution in [0.2, 0.25) is 0 Å². The largest absolute Gasteiger partial charge is 0.302 e. The number of halogens is 1. The molecule has 1 saturated heterocycles. The second kappa shape index (κ2) is 6.97. The zero-order chi connectivity index (χ0) is 12.0. The minimum absolute atomic E-state index is 0.270. The number of nitrogens with zero attached hydrogens (tertiary/aromatic N) is 1. The van der Waals surface area contributed by atoms with Crippen molar-refractivity contribution in [2.75, 3.05) is 36.5 Å². The monoisotopic (exact) mass is 311 g/mol. The molecule has 0 bridgehead atoms. The van der Waals surface area contributed by atoms with Crippen LogP contribution in [0.1, 0.15) is 26.2 Å². The van der Waals surface area contributed by atoms with Gasteiger partial charge in [0.15, 0.2) is 9.84 Å². The second-order valence-electron chi connectivity index (χ2n) is 4.52. The van der Waals surface area contributed by atoms with Crippen LogP contribution < -0.4 is 0 Å². The van der Waals surface area contributed by atoms with Gasteiger partial charge in [-0.05, 0) is 31.7 Å². The van der Waals surface area contributed by atoms with E-state index in [-0.39, 0.29) is 5.75 Å². The SMILES string of the molecule is CCS(=O)(=O)CCN1CCCC(CCBr)C1. The van der Waals surface area contributed by atoms with Crippen LogP contribution in [-0.2, 0) is 9.84 Å². The third kappa shape index (κ3) is 5.15. The van der Waals surface area contributed by atoms with E-state index in [1.54, 1.807) is 6.92 Å². The van der Waals surface area contributed by atoms with Gasteiger partial charge >= 0.3 is 0 Å². The molecule has 1 aliphatic rings. The maximum absolute atomic E-state index is 11.4. The standard InChI is InChI=1S/C11H22BrNO2S/c1-2-16(14,15)9-8-13-7-3-4-11(10-13)5-6-12/h11H,2-10H2,1H3. The first-order valence-electron chi connectivity index (χ1n) is 6.06. The van der Waals surface area contributed by atoms with Crippen molar-refractivity contribution in [1.82, 2.24) is 4.90 Å². The molecule has 0 aromatic carbocycles. The van der Waals surface area contributed by atoms with Crippen LogP contribution in [0.15, 0.2) is 0 Å².